The number of rotatable bonds is 5. The van der Waals surface area contributed by atoms with Crippen molar-refractivity contribution in [1.82, 2.24) is 0 Å². The Labute approximate surface area is 131 Å². The highest BCUT2D eigenvalue weighted by molar-refractivity contribution is 5.78. The van der Waals surface area contributed by atoms with E-state index in [-0.39, 0.29) is 0 Å². The molecule has 0 amide bonds. The van der Waals surface area contributed by atoms with E-state index >= 15 is 0 Å². The van der Waals surface area contributed by atoms with Gasteiger partial charge in [-0.1, -0.05) is 30.3 Å². The molecule has 3 aromatic rings. The van der Waals surface area contributed by atoms with Crippen molar-refractivity contribution in [3.05, 3.63) is 76.1 Å². The lowest BCUT2D eigenvalue weighted by Crippen LogP contribution is -2.10. The number of benzene rings is 2. The summed E-state index contributed by atoms with van der Waals surface area (Å²) in [5, 5.41) is 9.37. The van der Waals surface area contributed by atoms with E-state index in [4.69, 9.17) is 14.3 Å². The monoisotopic (exact) mass is 310 g/mol. The van der Waals surface area contributed by atoms with Gasteiger partial charge in [0, 0.05) is 23.4 Å². The minimum atomic E-state index is -1.07. The van der Waals surface area contributed by atoms with Gasteiger partial charge in [0.15, 0.2) is 6.61 Å². The van der Waals surface area contributed by atoms with Crippen LogP contribution < -0.4 is 10.4 Å². The second-order valence-electron chi connectivity index (χ2n) is 5.10. The van der Waals surface area contributed by atoms with Gasteiger partial charge < -0.3 is 14.3 Å². The summed E-state index contributed by atoms with van der Waals surface area (Å²) in [7, 11) is 0. The van der Waals surface area contributed by atoms with Crippen molar-refractivity contribution in [2.24, 2.45) is 0 Å². The zero-order valence-electron chi connectivity index (χ0n) is 12.2. The number of carbonyl (C=O) groups is 1. The van der Waals surface area contributed by atoms with E-state index < -0.39 is 18.2 Å². The molecule has 5 nitrogen and oxygen atoms in total. The van der Waals surface area contributed by atoms with Crippen LogP contribution in [0.3, 0.4) is 0 Å². The molecule has 1 heterocycles. The summed E-state index contributed by atoms with van der Waals surface area (Å²) < 4.78 is 10.4. The number of ether oxygens (including phenoxy) is 1. The van der Waals surface area contributed by atoms with E-state index in [1.165, 1.54) is 6.07 Å². The van der Waals surface area contributed by atoms with Gasteiger partial charge in [-0.2, -0.15) is 0 Å². The second kappa shape index (κ2) is 6.36. The summed E-state index contributed by atoms with van der Waals surface area (Å²) in [5.74, 6) is -0.719. The lowest BCUT2D eigenvalue weighted by molar-refractivity contribution is -0.139. The van der Waals surface area contributed by atoms with Crippen molar-refractivity contribution < 1.29 is 19.1 Å². The van der Waals surface area contributed by atoms with Crippen LogP contribution in [-0.2, 0) is 11.2 Å². The van der Waals surface area contributed by atoms with Gasteiger partial charge in [0.05, 0.1) is 0 Å². The molecule has 0 fully saturated rings. The van der Waals surface area contributed by atoms with Crippen molar-refractivity contribution in [1.29, 1.82) is 0 Å². The molecule has 5 heteroatoms. The molecule has 3 rings (SSSR count). The van der Waals surface area contributed by atoms with Crippen molar-refractivity contribution in [3.63, 3.8) is 0 Å². The SMILES string of the molecule is O=C(O)COc1ccc2cc(Cc3ccccc3)c(=O)oc2c1. The summed E-state index contributed by atoms with van der Waals surface area (Å²) in [6, 6.07) is 16.4. The molecule has 23 heavy (non-hydrogen) atoms. The fraction of sp³-hybridized carbons (Fsp3) is 0.111. The van der Waals surface area contributed by atoms with Gasteiger partial charge in [0.2, 0.25) is 0 Å². The molecule has 0 aliphatic heterocycles. The quantitative estimate of drug-likeness (QED) is 0.733. The molecule has 0 saturated heterocycles. The third-order valence-electron chi connectivity index (χ3n) is 3.38. The number of fused-ring (bicyclic) bond motifs is 1. The molecule has 116 valence electrons. The van der Waals surface area contributed by atoms with E-state index in [2.05, 4.69) is 0 Å². The molecular formula is C18H14O5. The van der Waals surface area contributed by atoms with Gasteiger partial charge in [0.25, 0.3) is 0 Å². The summed E-state index contributed by atoms with van der Waals surface area (Å²) >= 11 is 0. The maximum atomic E-state index is 12.1. The summed E-state index contributed by atoms with van der Waals surface area (Å²) in [5.41, 5.74) is 1.56. The zero-order valence-corrected chi connectivity index (χ0v) is 12.2. The predicted octanol–water partition coefficient (Wildman–Crippen LogP) is 2.85. The van der Waals surface area contributed by atoms with Gasteiger partial charge in [-0.15, -0.1) is 0 Å². The predicted molar refractivity (Wildman–Crippen MR) is 84.9 cm³/mol. The number of hydrogen-bond donors (Lipinski definition) is 1. The Morgan fingerprint density at radius 2 is 1.87 bits per heavy atom. The van der Waals surface area contributed by atoms with E-state index in [9.17, 15) is 9.59 Å². The lowest BCUT2D eigenvalue weighted by atomic mass is 10.1. The van der Waals surface area contributed by atoms with Crippen LogP contribution in [-0.4, -0.2) is 17.7 Å². The third kappa shape index (κ3) is 3.58. The minimum absolute atomic E-state index is 0.346. The van der Waals surface area contributed by atoms with Crippen LogP contribution in [0.5, 0.6) is 5.75 Å². The minimum Gasteiger partial charge on any atom is -0.482 e. The Balaban J connectivity index is 1.91. The number of hydrogen-bond acceptors (Lipinski definition) is 4. The molecule has 1 aromatic heterocycles. The van der Waals surface area contributed by atoms with Crippen LogP contribution in [0.15, 0.2) is 63.8 Å². The first kappa shape index (κ1) is 14.8. The van der Waals surface area contributed by atoms with Crippen LogP contribution in [0.2, 0.25) is 0 Å². The first-order valence-corrected chi connectivity index (χ1v) is 7.07. The molecule has 0 radical (unpaired) electrons. The smallest absolute Gasteiger partial charge is 0.341 e. The Morgan fingerprint density at radius 3 is 2.61 bits per heavy atom. The fourth-order valence-corrected chi connectivity index (χ4v) is 2.31. The van der Waals surface area contributed by atoms with E-state index in [1.54, 1.807) is 18.2 Å². The summed E-state index contributed by atoms with van der Waals surface area (Å²) in [6.45, 7) is -0.443. The Bertz CT molecular complexity index is 896. The molecule has 0 spiro atoms. The van der Waals surface area contributed by atoms with Crippen LogP contribution in [0.25, 0.3) is 11.0 Å². The van der Waals surface area contributed by atoms with Crippen LogP contribution >= 0.6 is 0 Å². The molecule has 1 N–H and O–H groups in total. The van der Waals surface area contributed by atoms with Crippen LogP contribution in [0.1, 0.15) is 11.1 Å². The van der Waals surface area contributed by atoms with Crippen LogP contribution in [0, 0.1) is 0 Å². The average molecular weight is 310 g/mol. The van der Waals surface area contributed by atoms with E-state index in [0.29, 0.717) is 23.3 Å². The second-order valence-corrected chi connectivity index (χ2v) is 5.10. The van der Waals surface area contributed by atoms with E-state index in [1.807, 2.05) is 30.3 Å². The van der Waals surface area contributed by atoms with Gasteiger partial charge in [0.1, 0.15) is 11.3 Å². The molecule has 0 aliphatic rings. The highest BCUT2D eigenvalue weighted by Gasteiger charge is 2.08. The topological polar surface area (TPSA) is 76.7 Å². The first-order valence-electron chi connectivity index (χ1n) is 7.07. The Hall–Kier alpha value is -3.08. The summed E-state index contributed by atoms with van der Waals surface area (Å²) in [4.78, 5) is 22.6. The lowest BCUT2D eigenvalue weighted by Gasteiger charge is -2.06. The maximum absolute atomic E-state index is 12.1. The molecular weight excluding hydrogens is 296 g/mol. The standard InChI is InChI=1S/C18H14O5/c19-17(20)11-22-15-7-6-13-9-14(18(21)23-16(13)10-15)8-12-4-2-1-3-5-12/h1-7,9-10H,8,11H2,(H,19,20). The molecule has 0 atom stereocenters. The van der Waals surface area contributed by atoms with E-state index in [0.717, 1.165) is 10.9 Å². The largest absolute Gasteiger partial charge is 0.482 e. The fourth-order valence-electron chi connectivity index (χ4n) is 2.31. The number of carboxylic acids is 1. The number of carboxylic acid groups (broad SMARTS) is 1. The summed E-state index contributed by atoms with van der Waals surface area (Å²) in [6.07, 6.45) is 0.496. The molecule has 2 aromatic carbocycles. The van der Waals surface area contributed by atoms with Crippen molar-refractivity contribution in [2.45, 2.75) is 6.42 Å². The molecule has 0 unspecified atom stereocenters. The van der Waals surface area contributed by atoms with Gasteiger partial charge in [-0.05, 0) is 23.8 Å². The normalized spacial score (nSPS) is 10.6. The highest BCUT2D eigenvalue weighted by Crippen LogP contribution is 2.21. The van der Waals surface area contributed by atoms with Crippen molar-refractivity contribution in [2.75, 3.05) is 6.61 Å². The highest BCUT2D eigenvalue weighted by atomic mass is 16.5. The van der Waals surface area contributed by atoms with Crippen LogP contribution in [0.4, 0.5) is 0 Å². The van der Waals surface area contributed by atoms with Crippen molar-refractivity contribution in [3.8, 4) is 5.75 Å². The van der Waals surface area contributed by atoms with Gasteiger partial charge in [-0.3, -0.25) is 0 Å². The molecule has 0 saturated carbocycles. The van der Waals surface area contributed by atoms with Gasteiger partial charge >= 0.3 is 11.6 Å². The zero-order chi connectivity index (χ0) is 16.2. The molecule has 0 bridgehead atoms. The maximum Gasteiger partial charge on any atom is 0.341 e. The Kier molecular flexibility index (Phi) is 4.10. The third-order valence-corrected chi connectivity index (χ3v) is 3.38. The molecule has 0 aliphatic carbocycles. The first-order chi connectivity index (χ1) is 11.1. The Morgan fingerprint density at radius 1 is 1.09 bits per heavy atom. The number of aliphatic carboxylic acids is 1. The van der Waals surface area contributed by atoms with Gasteiger partial charge in [-0.25, -0.2) is 9.59 Å². The van der Waals surface area contributed by atoms with Crippen molar-refractivity contribution >= 4 is 16.9 Å². The average Bonchev–Trinajstić information content (AvgIpc) is 2.54.